The van der Waals surface area contributed by atoms with Crippen molar-refractivity contribution in [3.63, 3.8) is 0 Å². The van der Waals surface area contributed by atoms with Gasteiger partial charge in [0.2, 0.25) is 5.82 Å². The smallest absolute Gasteiger partial charge is 0.263 e. The molecule has 3 aromatic rings. The van der Waals surface area contributed by atoms with Crippen LogP contribution in [0.2, 0.25) is 0 Å². The lowest BCUT2D eigenvalue weighted by molar-refractivity contribution is -0.130. The van der Waals surface area contributed by atoms with Gasteiger partial charge in [0, 0.05) is 19.7 Å². The Morgan fingerprint density at radius 1 is 1.12 bits per heavy atom. The zero-order valence-corrected chi connectivity index (χ0v) is 18.6. The van der Waals surface area contributed by atoms with Crippen LogP contribution in [0, 0.1) is 0 Å². The molecule has 0 unspecified atom stereocenters. The molecule has 33 heavy (non-hydrogen) atoms. The van der Waals surface area contributed by atoms with Gasteiger partial charge in [-0.15, -0.1) is 10.2 Å². The molecule has 0 aliphatic heterocycles. The molecule has 0 saturated carbocycles. The quantitative estimate of drug-likeness (QED) is 0.365. The molecule has 0 aliphatic rings. The highest BCUT2D eigenvalue weighted by Gasteiger charge is 2.11. The lowest BCUT2D eigenvalue weighted by Crippen LogP contribution is -2.27. The molecule has 0 bridgehead atoms. The zero-order chi connectivity index (χ0) is 23.6. The van der Waals surface area contributed by atoms with E-state index in [0.29, 0.717) is 29.5 Å². The van der Waals surface area contributed by atoms with Crippen LogP contribution in [0.1, 0.15) is 12.5 Å². The summed E-state index contributed by atoms with van der Waals surface area (Å²) in [5.41, 5.74) is 3.91. The van der Waals surface area contributed by atoms with Crippen molar-refractivity contribution in [2.45, 2.75) is 13.5 Å². The molecule has 11 heteroatoms. The Bertz CT molecular complexity index is 1110. The lowest BCUT2D eigenvalue weighted by atomic mass is 10.2. The van der Waals surface area contributed by atoms with E-state index >= 15 is 0 Å². The van der Waals surface area contributed by atoms with Gasteiger partial charge in [-0.2, -0.15) is 9.90 Å². The maximum atomic E-state index is 12.1. The first-order valence-electron chi connectivity index (χ1n) is 10.2. The van der Waals surface area contributed by atoms with Crippen molar-refractivity contribution < 1.29 is 19.1 Å². The van der Waals surface area contributed by atoms with Crippen molar-refractivity contribution in [1.29, 1.82) is 0 Å². The molecule has 3 rings (SSSR count). The molecular weight excluding hydrogens is 426 g/mol. The minimum absolute atomic E-state index is 0.0983. The number of tetrazole rings is 1. The number of hydrazone groups is 1. The molecule has 172 valence electrons. The van der Waals surface area contributed by atoms with Crippen molar-refractivity contribution >= 4 is 18.0 Å². The van der Waals surface area contributed by atoms with E-state index in [0.717, 1.165) is 5.56 Å². The molecular formula is C22H25N7O4. The fourth-order valence-electron chi connectivity index (χ4n) is 2.62. The van der Waals surface area contributed by atoms with Gasteiger partial charge < -0.3 is 14.4 Å². The topological polar surface area (TPSA) is 124 Å². The molecule has 0 radical (unpaired) electrons. The zero-order valence-electron chi connectivity index (χ0n) is 18.6. The predicted molar refractivity (Wildman–Crippen MR) is 121 cm³/mol. The van der Waals surface area contributed by atoms with Gasteiger partial charge in [0.05, 0.1) is 12.8 Å². The Labute approximate surface area is 191 Å². The second-order valence-corrected chi connectivity index (χ2v) is 7.02. The second kappa shape index (κ2) is 11.4. The molecule has 0 aliphatic carbocycles. The number of carbonyl (C=O) groups excluding carboxylic acids is 2. The Balaban J connectivity index is 1.56. The molecule has 0 fully saturated rings. The second-order valence-electron chi connectivity index (χ2n) is 7.02. The number of ether oxygens (including phenoxy) is 2. The SMILES string of the molecule is CCOc1cc(C=NNC(=O)Cn2nnc(-c3ccccc3)n2)ccc1OCC(=O)N(C)C. The summed E-state index contributed by atoms with van der Waals surface area (Å²) >= 11 is 0. The first-order chi connectivity index (χ1) is 16.0. The van der Waals surface area contributed by atoms with E-state index < -0.39 is 5.91 Å². The number of carbonyl (C=O) groups is 2. The van der Waals surface area contributed by atoms with E-state index in [4.69, 9.17) is 9.47 Å². The number of nitrogens with zero attached hydrogens (tertiary/aromatic N) is 6. The van der Waals surface area contributed by atoms with Crippen LogP contribution in [-0.2, 0) is 16.1 Å². The molecule has 2 aromatic carbocycles. The van der Waals surface area contributed by atoms with Crippen molar-refractivity contribution in [2.75, 3.05) is 27.3 Å². The molecule has 0 saturated heterocycles. The molecule has 1 N–H and O–H groups in total. The van der Waals surface area contributed by atoms with Gasteiger partial charge in [-0.1, -0.05) is 30.3 Å². The number of rotatable bonds is 10. The van der Waals surface area contributed by atoms with Crippen molar-refractivity contribution in [3.8, 4) is 22.9 Å². The molecule has 1 heterocycles. The molecule has 11 nitrogen and oxygen atoms in total. The number of aromatic nitrogens is 4. The average Bonchev–Trinajstić information content (AvgIpc) is 3.27. The van der Waals surface area contributed by atoms with Crippen LogP contribution >= 0.6 is 0 Å². The van der Waals surface area contributed by atoms with Gasteiger partial charge >= 0.3 is 0 Å². The Morgan fingerprint density at radius 2 is 1.91 bits per heavy atom. The van der Waals surface area contributed by atoms with Gasteiger partial charge in [0.25, 0.3) is 11.8 Å². The van der Waals surface area contributed by atoms with E-state index in [9.17, 15) is 9.59 Å². The summed E-state index contributed by atoms with van der Waals surface area (Å²) in [5, 5.41) is 16.0. The number of hydrogen-bond acceptors (Lipinski definition) is 8. The number of amides is 2. The summed E-state index contributed by atoms with van der Waals surface area (Å²) in [5.74, 6) is 0.781. The summed E-state index contributed by atoms with van der Waals surface area (Å²) < 4.78 is 11.1. The highest BCUT2D eigenvalue weighted by molar-refractivity contribution is 5.83. The van der Waals surface area contributed by atoms with Gasteiger partial charge in [0.1, 0.15) is 6.54 Å². The summed E-state index contributed by atoms with van der Waals surface area (Å²) in [7, 11) is 3.31. The normalized spacial score (nSPS) is 10.8. The molecule has 1 aromatic heterocycles. The molecule has 0 atom stereocenters. The van der Waals surface area contributed by atoms with Gasteiger partial charge in [0.15, 0.2) is 18.1 Å². The van der Waals surface area contributed by atoms with Crippen molar-refractivity contribution in [3.05, 3.63) is 54.1 Å². The number of benzene rings is 2. The third-order valence-corrected chi connectivity index (χ3v) is 4.29. The highest BCUT2D eigenvalue weighted by atomic mass is 16.5. The third-order valence-electron chi connectivity index (χ3n) is 4.29. The minimum atomic E-state index is -0.407. The Hall–Kier alpha value is -4.28. The average molecular weight is 451 g/mol. The van der Waals surface area contributed by atoms with Crippen LogP contribution in [0.5, 0.6) is 11.5 Å². The monoisotopic (exact) mass is 451 g/mol. The molecule has 2 amide bonds. The van der Waals surface area contributed by atoms with E-state index in [1.165, 1.54) is 15.9 Å². The summed E-state index contributed by atoms with van der Waals surface area (Å²) in [6.07, 6.45) is 1.47. The van der Waals surface area contributed by atoms with Gasteiger partial charge in [-0.05, 0) is 35.9 Å². The van der Waals surface area contributed by atoms with Crippen LogP contribution in [0.3, 0.4) is 0 Å². The fourth-order valence-corrected chi connectivity index (χ4v) is 2.62. The minimum Gasteiger partial charge on any atom is -0.490 e. The number of nitrogens with one attached hydrogen (secondary N) is 1. The van der Waals surface area contributed by atoms with E-state index in [2.05, 4.69) is 25.9 Å². The lowest BCUT2D eigenvalue weighted by Gasteiger charge is -2.14. The van der Waals surface area contributed by atoms with Crippen LogP contribution < -0.4 is 14.9 Å². The highest BCUT2D eigenvalue weighted by Crippen LogP contribution is 2.28. The largest absolute Gasteiger partial charge is 0.490 e. The van der Waals surface area contributed by atoms with Gasteiger partial charge in [-0.3, -0.25) is 9.59 Å². The Morgan fingerprint density at radius 3 is 2.64 bits per heavy atom. The summed E-state index contributed by atoms with van der Waals surface area (Å²) in [6.45, 7) is 2.04. The first-order valence-corrected chi connectivity index (χ1v) is 10.2. The Kier molecular flexibility index (Phi) is 8.06. The van der Waals surface area contributed by atoms with E-state index in [1.54, 1.807) is 32.3 Å². The molecule has 0 spiro atoms. The van der Waals surface area contributed by atoms with Crippen LogP contribution in [0.15, 0.2) is 53.6 Å². The van der Waals surface area contributed by atoms with E-state index in [1.807, 2.05) is 37.3 Å². The fraction of sp³-hybridized carbons (Fsp3) is 0.273. The predicted octanol–water partition coefficient (Wildman–Crippen LogP) is 1.36. The van der Waals surface area contributed by atoms with Crippen molar-refractivity contribution in [2.24, 2.45) is 5.10 Å². The number of likely N-dealkylation sites (N-methyl/N-ethyl adjacent to an activating group) is 1. The van der Waals surface area contributed by atoms with Crippen LogP contribution in [-0.4, -0.2) is 70.4 Å². The van der Waals surface area contributed by atoms with E-state index in [-0.39, 0.29) is 19.1 Å². The van der Waals surface area contributed by atoms with Crippen LogP contribution in [0.25, 0.3) is 11.4 Å². The third kappa shape index (κ3) is 6.86. The maximum absolute atomic E-state index is 12.1. The first kappa shape index (κ1) is 23.4. The van der Waals surface area contributed by atoms with Crippen LogP contribution in [0.4, 0.5) is 0 Å². The summed E-state index contributed by atoms with van der Waals surface area (Å²) in [6, 6.07) is 14.5. The maximum Gasteiger partial charge on any atom is 0.263 e. The van der Waals surface area contributed by atoms with Crippen molar-refractivity contribution in [1.82, 2.24) is 30.5 Å². The standard InChI is InChI=1S/C22H25N7O4/c1-4-32-19-12-16(10-11-18(19)33-15-21(31)28(2)3)13-23-24-20(30)14-29-26-22(25-27-29)17-8-6-5-7-9-17/h5-13H,4,14-15H2,1-3H3,(H,24,30). The summed E-state index contributed by atoms with van der Waals surface area (Å²) in [4.78, 5) is 26.5. The van der Waals surface area contributed by atoms with Gasteiger partial charge in [-0.25, -0.2) is 5.43 Å². The number of hydrogen-bond donors (Lipinski definition) is 1.